The van der Waals surface area contributed by atoms with E-state index in [1.807, 2.05) is 4.90 Å². The van der Waals surface area contributed by atoms with Gasteiger partial charge in [-0.05, 0) is 82.1 Å². The van der Waals surface area contributed by atoms with Gasteiger partial charge in [-0.25, -0.2) is 19.8 Å². The number of nitrogens with one attached hydrogen (secondary N) is 3. The average molecular weight is 1130 g/mol. The molecule has 1 spiro atoms. The minimum atomic E-state index is -1.38. The van der Waals surface area contributed by atoms with Crippen molar-refractivity contribution in [2.24, 2.45) is 11.8 Å². The molecule has 0 radical (unpaired) electrons. The molecule has 0 saturated carbocycles. The van der Waals surface area contributed by atoms with Crippen LogP contribution in [0.5, 0.6) is 0 Å². The number of fused-ring (bicyclic) bond motifs is 8. The Hall–Kier alpha value is -4.96. The molecule has 18 nitrogen and oxygen atoms in total. The average Bonchev–Trinajstić information content (AvgIpc) is 4.16. The number of anilines is 4. The molecular formula is C45H36Cl8N8O10. The Morgan fingerprint density at radius 2 is 1.25 bits per heavy atom. The van der Waals surface area contributed by atoms with Gasteiger partial charge in [-0.15, -0.1) is 0 Å². The van der Waals surface area contributed by atoms with E-state index in [1.54, 1.807) is 19.1 Å². The number of benzene rings is 2. The number of hydrogen-bond acceptors (Lipinski definition) is 13. The molecule has 5 N–H and O–H groups in total. The van der Waals surface area contributed by atoms with Crippen molar-refractivity contribution in [2.75, 3.05) is 40.1 Å². The second-order valence-corrected chi connectivity index (χ2v) is 19.5. The number of Topliss-reactive ketones (excluding diaryl/α,β-unsaturated/α-hetero) is 1. The Morgan fingerprint density at radius 1 is 0.704 bits per heavy atom. The van der Waals surface area contributed by atoms with Gasteiger partial charge in [0, 0.05) is 62.6 Å². The largest absolute Gasteiger partial charge is 0.480 e. The van der Waals surface area contributed by atoms with Gasteiger partial charge in [-0.1, -0.05) is 92.8 Å². The van der Waals surface area contributed by atoms with Gasteiger partial charge in [0.05, 0.1) is 38.8 Å². The number of aromatic nitrogens is 2. The maximum absolute atomic E-state index is 13.8. The van der Waals surface area contributed by atoms with E-state index >= 15 is 0 Å². The second-order valence-electron chi connectivity index (χ2n) is 16.1. The van der Waals surface area contributed by atoms with Crippen LogP contribution in [-0.4, -0.2) is 104 Å². The zero-order valence-electron chi connectivity index (χ0n) is 36.5. The number of amides is 6. The zero-order valence-corrected chi connectivity index (χ0v) is 42.5. The van der Waals surface area contributed by atoms with Crippen LogP contribution in [0.3, 0.4) is 0 Å². The van der Waals surface area contributed by atoms with Crippen LogP contribution < -0.4 is 25.8 Å². The Kier molecular flexibility index (Phi) is 16.7. The molecule has 9 heterocycles. The highest BCUT2D eigenvalue weighted by Crippen LogP contribution is 2.61. The maximum atomic E-state index is 13.8. The topological polar surface area (TPSA) is 249 Å². The first kappa shape index (κ1) is 53.8. The van der Waals surface area contributed by atoms with Gasteiger partial charge >= 0.3 is 5.97 Å². The third-order valence-corrected chi connectivity index (χ3v) is 13.7. The monoisotopic (exact) mass is 1130 g/mol. The number of carbonyl (C=O) groups is 8. The highest BCUT2D eigenvalue weighted by molar-refractivity contribution is 6.54. The van der Waals surface area contributed by atoms with E-state index in [9.17, 15) is 38.4 Å². The first-order valence-corrected chi connectivity index (χ1v) is 24.3. The molecule has 0 bridgehead atoms. The predicted molar refractivity (Wildman–Crippen MR) is 267 cm³/mol. The summed E-state index contributed by atoms with van der Waals surface area (Å²) in [5, 5.41) is 26.0. The SMILES string of the molecule is CCO.O=C(O)[C@@H]1CCCN1.O=C1C2C3CCCN3C3(C(=O)Nc4c(Cl)cc(Cl)cc43)C2C(=O)N1c1cc(Cl)cc(Cl)n1.O=C1C=CC(=O)N1c1cc(Cl)cc(Cl)n1.O=C1Nc2c(Cl)cc(Cl)cc2C1=O. The number of carboxylic acids is 1. The third kappa shape index (κ3) is 10.5. The first-order valence-electron chi connectivity index (χ1n) is 21.2. The van der Waals surface area contributed by atoms with E-state index in [1.165, 1.54) is 48.6 Å². The van der Waals surface area contributed by atoms with Crippen LogP contribution in [0.4, 0.5) is 23.0 Å². The van der Waals surface area contributed by atoms with Crippen molar-refractivity contribution in [3.05, 3.63) is 112 Å². The number of rotatable bonds is 3. The summed E-state index contributed by atoms with van der Waals surface area (Å²) in [6.07, 6.45) is 5.61. The van der Waals surface area contributed by atoms with Crippen LogP contribution in [0.2, 0.25) is 40.4 Å². The number of halogens is 8. The minimum Gasteiger partial charge on any atom is -0.480 e. The van der Waals surface area contributed by atoms with Crippen LogP contribution in [0, 0.1) is 11.8 Å². The van der Waals surface area contributed by atoms with Crippen molar-refractivity contribution in [3.8, 4) is 0 Å². The predicted octanol–water partition coefficient (Wildman–Crippen LogP) is 7.89. The number of aliphatic carboxylic acids is 1. The second kappa shape index (κ2) is 22.0. The molecule has 372 valence electrons. The summed E-state index contributed by atoms with van der Waals surface area (Å²) < 4.78 is 0. The van der Waals surface area contributed by atoms with Crippen molar-refractivity contribution in [1.82, 2.24) is 20.2 Å². The minimum absolute atomic E-state index is 0.0503. The molecular weight excluding hydrogens is 1100 g/mol. The molecule has 7 aliphatic heterocycles. The lowest BCUT2D eigenvalue weighted by molar-refractivity contribution is -0.139. The van der Waals surface area contributed by atoms with Crippen molar-refractivity contribution >= 4 is 163 Å². The smallest absolute Gasteiger partial charge is 0.320 e. The summed E-state index contributed by atoms with van der Waals surface area (Å²) in [6.45, 7) is 3.37. The summed E-state index contributed by atoms with van der Waals surface area (Å²) in [5.41, 5.74) is 0.164. The van der Waals surface area contributed by atoms with Gasteiger partial charge in [-0.3, -0.25) is 43.3 Å². The highest BCUT2D eigenvalue weighted by Gasteiger charge is 2.75. The summed E-state index contributed by atoms with van der Waals surface area (Å²) in [7, 11) is 0. The van der Waals surface area contributed by atoms with Gasteiger partial charge in [0.1, 0.15) is 33.5 Å². The van der Waals surface area contributed by atoms with Gasteiger partial charge < -0.3 is 26.2 Å². The Labute approximate surface area is 443 Å². The molecule has 5 atom stereocenters. The molecule has 2 aromatic heterocycles. The third-order valence-electron chi connectivity index (χ3n) is 11.9. The summed E-state index contributed by atoms with van der Waals surface area (Å²) in [5.74, 6) is -5.67. The summed E-state index contributed by atoms with van der Waals surface area (Å²) in [4.78, 5) is 108. The van der Waals surface area contributed by atoms with Crippen LogP contribution in [0.25, 0.3) is 0 Å². The van der Waals surface area contributed by atoms with Crippen molar-refractivity contribution in [2.45, 2.75) is 50.2 Å². The van der Waals surface area contributed by atoms with E-state index < -0.39 is 58.7 Å². The van der Waals surface area contributed by atoms with Crippen molar-refractivity contribution in [3.63, 3.8) is 0 Å². The fraction of sp³-hybridized carbons (Fsp3) is 0.289. The highest BCUT2D eigenvalue weighted by atomic mass is 35.5. The number of carboxylic acid groups (broad SMARTS) is 1. The van der Waals surface area contributed by atoms with E-state index in [2.05, 4.69) is 25.9 Å². The molecule has 0 aliphatic carbocycles. The number of aliphatic hydroxyl groups excluding tert-OH is 1. The number of imide groups is 2. The molecule has 26 heteroatoms. The first-order chi connectivity index (χ1) is 33.6. The number of pyridine rings is 2. The van der Waals surface area contributed by atoms with Gasteiger partial charge in [0.25, 0.3) is 29.4 Å². The number of carbonyl (C=O) groups excluding carboxylic acids is 7. The van der Waals surface area contributed by atoms with Crippen molar-refractivity contribution in [1.29, 1.82) is 0 Å². The van der Waals surface area contributed by atoms with Crippen molar-refractivity contribution < 1.29 is 48.6 Å². The van der Waals surface area contributed by atoms with Gasteiger partial charge in [0.2, 0.25) is 11.8 Å². The number of hydrogen-bond donors (Lipinski definition) is 5. The van der Waals surface area contributed by atoms with Crippen LogP contribution in [0.15, 0.2) is 60.7 Å². The molecule has 71 heavy (non-hydrogen) atoms. The van der Waals surface area contributed by atoms with Gasteiger partial charge in [-0.2, -0.15) is 0 Å². The summed E-state index contributed by atoms with van der Waals surface area (Å²) in [6, 6.07) is 11.2. The number of nitrogens with zero attached hydrogens (tertiary/aromatic N) is 5. The fourth-order valence-corrected chi connectivity index (χ4v) is 11.3. The molecule has 4 fully saturated rings. The van der Waals surface area contributed by atoms with Crippen LogP contribution >= 0.6 is 92.8 Å². The summed E-state index contributed by atoms with van der Waals surface area (Å²) >= 11 is 47.6. The quantitative estimate of drug-likeness (QED) is 0.0744. The molecule has 6 amide bonds. The standard InChI is InChI=1S/C21H14Cl4N4O3.C9H4Cl2N2O2.C8H3Cl2NO2.C5H9NO2.C2H6O/c22-8-4-10-17(11(24)5-8)27-20(32)21(10)16-15(12-2-1-3-28(12)21)18(30)29(19(16)31)14-7-9(23)6-13(25)26-14;10-5-3-6(11)12-7(4-5)13-8(14)1-2-9(13)15;9-3-1-4-6(5(10)2-3)11-8(13)7(4)12;7-5(8)4-2-1-3-6-4;1-2-3/h4-7,12,15-16H,1-3H2,(H,27,32);1-4H;1-2H,(H,11,12,13);4,6H,1-3H2,(H,7,8);3H,2H2,1H3/t;;;4-;/m...0./s1. The van der Waals surface area contributed by atoms with E-state index in [-0.39, 0.29) is 67.2 Å². The molecule has 4 aromatic rings. The lowest BCUT2D eigenvalue weighted by Crippen LogP contribution is -2.54. The Balaban J connectivity index is 0.000000157. The maximum Gasteiger partial charge on any atom is 0.320 e. The molecule has 2 aromatic carbocycles. The number of ketones is 1. The van der Waals surface area contributed by atoms with E-state index in [0.29, 0.717) is 45.0 Å². The van der Waals surface area contributed by atoms with Crippen LogP contribution in [0.1, 0.15) is 48.5 Å². The van der Waals surface area contributed by atoms with E-state index in [4.69, 9.17) is 103 Å². The molecule has 4 saturated heterocycles. The number of aliphatic hydroxyl groups is 1. The molecule has 4 unspecified atom stereocenters. The molecule has 7 aliphatic rings. The Morgan fingerprint density at radius 3 is 1.79 bits per heavy atom. The van der Waals surface area contributed by atoms with E-state index in [0.717, 1.165) is 35.6 Å². The fourth-order valence-electron chi connectivity index (χ4n) is 9.28. The van der Waals surface area contributed by atoms with Crippen LogP contribution in [-0.2, 0) is 39.1 Å². The lowest BCUT2D eigenvalue weighted by Gasteiger charge is -2.36. The molecule has 11 rings (SSSR count). The van der Waals surface area contributed by atoms with Gasteiger partial charge in [0.15, 0.2) is 0 Å². The lowest BCUT2D eigenvalue weighted by atomic mass is 9.75. The Bertz CT molecular complexity index is 2900. The normalized spacial score (nSPS) is 23.2. The zero-order chi connectivity index (χ0) is 51.8.